The lowest BCUT2D eigenvalue weighted by atomic mass is 10.0. The van der Waals surface area contributed by atoms with Crippen LogP contribution in [-0.4, -0.2) is 17.9 Å². The van der Waals surface area contributed by atoms with E-state index >= 15 is 0 Å². The van der Waals surface area contributed by atoms with Crippen molar-refractivity contribution in [2.24, 2.45) is 0 Å². The quantitative estimate of drug-likeness (QED) is 0.903. The number of carbonyl (C=O) groups is 2. The molecular formula is C19H20N2O3. The van der Waals surface area contributed by atoms with E-state index in [1.54, 1.807) is 30.3 Å². The van der Waals surface area contributed by atoms with E-state index in [9.17, 15) is 9.59 Å². The van der Waals surface area contributed by atoms with E-state index < -0.39 is 0 Å². The second-order valence-electron chi connectivity index (χ2n) is 6.07. The Hall–Kier alpha value is -2.82. The molecule has 0 atom stereocenters. The molecular weight excluding hydrogens is 304 g/mol. The van der Waals surface area contributed by atoms with E-state index in [0.717, 1.165) is 22.7 Å². The van der Waals surface area contributed by atoms with Crippen LogP contribution in [0.3, 0.4) is 0 Å². The summed E-state index contributed by atoms with van der Waals surface area (Å²) >= 11 is 0. The van der Waals surface area contributed by atoms with Crippen LogP contribution in [0, 0.1) is 0 Å². The molecule has 0 bridgehead atoms. The lowest BCUT2D eigenvalue weighted by Crippen LogP contribution is -2.19. The molecule has 2 aromatic rings. The Labute approximate surface area is 141 Å². The lowest BCUT2D eigenvalue weighted by Gasteiger charge is -2.17. The minimum atomic E-state index is -0.175. The summed E-state index contributed by atoms with van der Waals surface area (Å²) < 4.78 is 5.57. The van der Waals surface area contributed by atoms with E-state index in [-0.39, 0.29) is 17.9 Å². The molecule has 1 aliphatic heterocycles. The molecule has 0 saturated heterocycles. The first-order chi connectivity index (χ1) is 11.5. The summed E-state index contributed by atoms with van der Waals surface area (Å²) in [6.07, 6.45) is 1.26. The van der Waals surface area contributed by atoms with Crippen LogP contribution in [0.5, 0.6) is 5.75 Å². The number of benzene rings is 2. The van der Waals surface area contributed by atoms with Gasteiger partial charge in [-0.3, -0.25) is 9.59 Å². The molecule has 0 radical (unpaired) electrons. The van der Waals surface area contributed by atoms with Crippen molar-refractivity contribution in [2.75, 3.05) is 10.6 Å². The number of fused-ring (bicyclic) bond motifs is 1. The van der Waals surface area contributed by atoms with Gasteiger partial charge in [-0.25, -0.2) is 0 Å². The van der Waals surface area contributed by atoms with E-state index in [1.165, 1.54) is 0 Å². The molecule has 1 heterocycles. The first kappa shape index (κ1) is 16.1. The van der Waals surface area contributed by atoms with Crippen molar-refractivity contribution < 1.29 is 14.3 Å². The van der Waals surface area contributed by atoms with Crippen LogP contribution in [0.1, 0.15) is 36.2 Å². The van der Waals surface area contributed by atoms with Gasteiger partial charge in [0.15, 0.2) is 0 Å². The number of aryl methyl sites for hydroxylation is 1. The van der Waals surface area contributed by atoms with E-state index in [2.05, 4.69) is 10.6 Å². The number of hydrogen-bond acceptors (Lipinski definition) is 3. The predicted octanol–water partition coefficient (Wildman–Crippen LogP) is 3.61. The standard InChI is InChI=1S/C19H20N2O3/c1-12(2)24-16-7-3-13(4-8-16)19(23)20-15-6-9-17-14(11-15)5-10-18(22)21-17/h3-4,6-9,11-12H,5,10H2,1-2H3,(H,20,23)(H,21,22). The molecule has 3 rings (SSSR count). The van der Waals surface area contributed by atoms with Crippen LogP contribution in [0.4, 0.5) is 11.4 Å². The number of anilines is 2. The molecule has 5 nitrogen and oxygen atoms in total. The highest BCUT2D eigenvalue weighted by Crippen LogP contribution is 2.26. The molecule has 0 aromatic heterocycles. The van der Waals surface area contributed by atoms with Gasteiger partial charge in [-0.2, -0.15) is 0 Å². The largest absolute Gasteiger partial charge is 0.491 e. The molecule has 5 heteroatoms. The first-order valence-corrected chi connectivity index (χ1v) is 8.02. The highest BCUT2D eigenvalue weighted by Gasteiger charge is 2.15. The number of hydrogen-bond donors (Lipinski definition) is 2. The van der Waals surface area contributed by atoms with E-state index in [0.29, 0.717) is 18.4 Å². The SMILES string of the molecule is CC(C)Oc1ccc(C(=O)Nc2ccc3c(c2)CCC(=O)N3)cc1. The van der Waals surface area contributed by atoms with Crippen LogP contribution in [0.25, 0.3) is 0 Å². The summed E-state index contributed by atoms with van der Waals surface area (Å²) in [4.78, 5) is 23.7. The van der Waals surface area contributed by atoms with Crippen LogP contribution in [-0.2, 0) is 11.2 Å². The molecule has 2 aromatic carbocycles. The fourth-order valence-corrected chi connectivity index (χ4v) is 2.62. The van der Waals surface area contributed by atoms with E-state index in [1.807, 2.05) is 26.0 Å². The number of ether oxygens (including phenoxy) is 1. The smallest absolute Gasteiger partial charge is 0.255 e. The predicted molar refractivity (Wildman–Crippen MR) is 93.6 cm³/mol. The van der Waals surface area contributed by atoms with Gasteiger partial charge in [0.1, 0.15) is 5.75 Å². The zero-order chi connectivity index (χ0) is 17.1. The third-order valence-electron chi connectivity index (χ3n) is 3.75. The Morgan fingerprint density at radius 3 is 2.58 bits per heavy atom. The normalized spacial score (nSPS) is 13.2. The van der Waals surface area contributed by atoms with Gasteiger partial charge >= 0.3 is 0 Å². The maximum absolute atomic E-state index is 12.3. The highest BCUT2D eigenvalue weighted by molar-refractivity contribution is 6.04. The van der Waals surface area contributed by atoms with Gasteiger partial charge in [-0.1, -0.05) is 0 Å². The van der Waals surface area contributed by atoms with Crippen LogP contribution in [0.15, 0.2) is 42.5 Å². The van der Waals surface area contributed by atoms with Crippen molar-refractivity contribution in [3.8, 4) is 5.75 Å². The van der Waals surface area contributed by atoms with Crippen molar-refractivity contribution in [3.63, 3.8) is 0 Å². The summed E-state index contributed by atoms with van der Waals surface area (Å²) in [5.41, 5.74) is 3.14. The molecule has 124 valence electrons. The van der Waals surface area contributed by atoms with Gasteiger partial charge in [0.05, 0.1) is 6.10 Å². The molecule has 0 fully saturated rings. The summed E-state index contributed by atoms with van der Waals surface area (Å²) in [6.45, 7) is 3.91. The molecule has 2 N–H and O–H groups in total. The number of amides is 2. The zero-order valence-electron chi connectivity index (χ0n) is 13.8. The third kappa shape index (κ3) is 3.74. The Morgan fingerprint density at radius 1 is 1.12 bits per heavy atom. The second kappa shape index (κ2) is 6.74. The average Bonchev–Trinajstić information content (AvgIpc) is 2.55. The maximum Gasteiger partial charge on any atom is 0.255 e. The Kier molecular flexibility index (Phi) is 4.51. The van der Waals surface area contributed by atoms with Gasteiger partial charge in [0.25, 0.3) is 5.91 Å². The minimum absolute atomic E-state index is 0.0305. The van der Waals surface area contributed by atoms with Gasteiger partial charge in [0, 0.05) is 23.4 Å². The summed E-state index contributed by atoms with van der Waals surface area (Å²) in [5, 5.41) is 5.72. The third-order valence-corrected chi connectivity index (χ3v) is 3.75. The average molecular weight is 324 g/mol. The number of nitrogens with one attached hydrogen (secondary N) is 2. The van der Waals surface area contributed by atoms with Crippen molar-refractivity contribution in [2.45, 2.75) is 32.8 Å². The fraction of sp³-hybridized carbons (Fsp3) is 0.263. The zero-order valence-corrected chi connectivity index (χ0v) is 13.8. The fourth-order valence-electron chi connectivity index (χ4n) is 2.62. The molecule has 0 aliphatic carbocycles. The lowest BCUT2D eigenvalue weighted by molar-refractivity contribution is -0.116. The van der Waals surface area contributed by atoms with Gasteiger partial charge in [-0.15, -0.1) is 0 Å². The molecule has 0 saturated carbocycles. The van der Waals surface area contributed by atoms with Crippen molar-refractivity contribution in [1.82, 2.24) is 0 Å². The second-order valence-corrected chi connectivity index (χ2v) is 6.07. The van der Waals surface area contributed by atoms with E-state index in [4.69, 9.17) is 4.74 Å². The molecule has 24 heavy (non-hydrogen) atoms. The monoisotopic (exact) mass is 324 g/mol. The maximum atomic E-state index is 12.3. The number of rotatable bonds is 4. The molecule has 2 amide bonds. The summed E-state index contributed by atoms with van der Waals surface area (Å²) in [7, 11) is 0. The van der Waals surface area contributed by atoms with Gasteiger partial charge < -0.3 is 15.4 Å². The van der Waals surface area contributed by atoms with Crippen molar-refractivity contribution in [1.29, 1.82) is 0 Å². The van der Waals surface area contributed by atoms with Crippen LogP contribution < -0.4 is 15.4 Å². The molecule has 0 unspecified atom stereocenters. The summed E-state index contributed by atoms with van der Waals surface area (Å²) in [5.74, 6) is 0.597. The summed E-state index contributed by atoms with van der Waals surface area (Å²) in [6, 6.07) is 12.6. The molecule has 1 aliphatic rings. The van der Waals surface area contributed by atoms with Crippen LogP contribution >= 0.6 is 0 Å². The topological polar surface area (TPSA) is 67.4 Å². The van der Waals surface area contributed by atoms with Gasteiger partial charge in [-0.05, 0) is 68.3 Å². The Balaban J connectivity index is 1.69. The highest BCUT2D eigenvalue weighted by atomic mass is 16.5. The number of carbonyl (C=O) groups excluding carboxylic acids is 2. The van der Waals surface area contributed by atoms with Gasteiger partial charge in [0.2, 0.25) is 5.91 Å². The van der Waals surface area contributed by atoms with Crippen molar-refractivity contribution in [3.05, 3.63) is 53.6 Å². The first-order valence-electron chi connectivity index (χ1n) is 8.02. The molecule has 0 spiro atoms. The minimum Gasteiger partial charge on any atom is -0.491 e. The van der Waals surface area contributed by atoms with Crippen molar-refractivity contribution >= 4 is 23.2 Å². The Morgan fingerprint density at radius 2 is 1.88 bits per heavy atom. The van der Waals surface area contributed by atoms with Crippen LogP contribution in [0.2, 0.25) is 0 Å². The Bertz CT molecular complexity index is 767.